The molecule has 7 heteroatoms. The predicted octanol–water partition coefficient (Wildman–Crippen LogP) is 11.0. The second-order valence-electron chi connectivity index (χ2n) is 8.48. The molecule has 0 aliphatic heterocycles. The Kier molecular flexibility index (Phi) is 11.4. The molecule has 0 radical (unpaired) electrons. The molecule has 4 aromatic carbocycles. The van der Waals surface area contributed by atoms with Gasteiger partial charge >= 0.3 is 0 Å². The summed E-state index contributed by atoms with van der Waals surface area (Å²) in [5.74, 6) is -0.194. The maximum Gasteiger partial charge on any atom is 0.185 e. The van der Waals surface area contributed by atoms with E-state index in [1.807, 2.05) is 32.0 Å². The molecule has 0 amide bonds. The Morgan fingerprint density at radius 1 is 0.538 bits per heavy atom. The molecule has 4 rings (SSSR count). The standard InChI is InChI=1S/C16H11Cl3O.C16H12Cl2O/c1-10-9-11(5-7-13(10)17)16(20)8-6-12-14(18)3-2-4-15(12)19;1-11-10-13(6-8-14(11)17)16(19)9-7-12-4-2-3-5-15(12)18/h2-9H,1H3;2-10H,1H3. The molecule has 0 saturated carbocycles. The molecule has 2 nitrogen and oxygen atoms in total. The van der Waals surface area contributed by atoms with E-state index in [1.165, 1.54) is 12.2 Å². The minimum Gasteiger partial charge on any atom is -0.289 e. The highest BCUT2D eigenvalue weighted by molar-refractivity contribution is 6.37. The summed E-state index contributed by atoms with van der Waals surface area (Å²) in [7, 11) is 0. The van der Waals surface area contributed by atoms with Gasteiger partial charge in [-0.15, -0.1) is 0 Å². The third kappa shape index (κ3) is 8.83. The van der Waals surface area contributed by atoms with Crippen LogP contribution in [0, 0.1) is 13.8 Å². The van der Waals surface area contributed by atoms with Crippen LogP contribution >= 0.6 is 58.0 Å². The first-order valence-electron chi connectivity index (χ1n) is 11.7. The Labute approximate surface area is 253 Å². The van der Waals surface area contributed by atoms with Crippen LogP contribution in [0.25, 0.3) is 12.2 Å². The average Bonchev–Trinajstić information content (AvgIpc) is 2.91. The largest absolute Gasteiger partial charge is 0.289 e. The smallest absolute Gasteiger partial charge is 0.185 e. The first-order valence-corrected chi connectivity index (χ1v) is 13.6. The molecule has 4 aromatic rings. The molecule has 0 aromatic heterocycles. The fourth-order valence-electron chi connectivity index (χ4n) is 3.39. The van der Waals surface area contributed by atoms with Gasteiger partial charge in [0.15, 0.2) is 11.6 Å². The van der Waals surface area contributed by atoms with Crippen molar-refractivity contribution in [1.82, 2.24) is 0 Å². The Morgan fingerprint density at radius 3 is 1.49 bits per heavy atom. The molecule has 39 heavy (non-hydrogen) atoms. The van der Waals surface area contributed by atoms with E-state index >= 15 is 0 Å². The van der Waals surface area contributed by atoms with Crippen molar-refractivity contribution in [3.8, 4) is 0 Å². The topological polar surface area (TPSA) is 34.1 Å². The molecular formula is C32H23Cl5O2. The van der Waals surface area contributed by atoms with E-state index < -0.39 is 0 Å². The molecule has 0 N–H and O–H groups in total. The molecule has 198 valence electrons. The van der Waals surface area contributed by atoms with Gasteiger partial charge in [-0.3, -0.25) is 9.59 Å². The van der Waals surface area contributed by atoms with Crippen LogP contribution in [0.4, 0.5) is 0 Å². The van der Waals surface area contributed by atoms with E-state index in [2.05, 4.69) is 0 Å². The van der Waals surface area contributed by atoms with E-state index in [0.717, 1.165) is 16.7 Å². The minimum atomic E-state index is -0.124. The van der Waals surface area contributed by atoms with Gasteiger partial charge in [-0.1, -0.05) is 82.3 Å². The van der Waals surface area contributed by atoms with Crippen LogP contribution in [-0.4, -0.2) is 11.6 Å². The maximum absolute atomic E-state index is 12.1. The summed E-state index contributed by atoms with van der Waals surface area (Å²) in [6, 6.07) is 23.0. The van der Waals surface area contributed by atoms with Crippen molar-refractivity contribution in [2.24, 2.45) is 0 Å². The highest BCUT2D eigenvalue weighted by Gasteiger charge is 2.07. The number of hydrogen-bond acceptors (Lipinski definition) is 2. The molecule has 0 aliphatic rings. The SMILES string of the molecule is Cc1cc(C(=O)C=Cc2c(Cl)cccc2Cl)ccc1Cl.Cc1cc(C(=O)C=Cc2ccccc2Cl)ccc1Cl. The van der Waals surface area contributed by atoms with Gasteiger partial charge in [0.1, 0.15) is 0 Å². The number of rotatable bonds is 6. The molecule has 0 saturated heterocycles. The van der Waals surface area contributed by atoms with Gasteiger partial charge in [0.05, 0.1) is 0 Å². The van der Waals surface area contributed by atoms with E-state index in [1.54, 1.807) is 72.8 Å². The number of halogens is 5. The molecule has 0 fully saturated rings. The van der Waals surface area contributed by atoms with E-state index in [4.69, 9.17) is 58.0 Å². The zero-order valence-corrected chi connectivity index (χ0v) is 24.8. The van der Waals surface area contributed by atoms with Crippen molar-refractivity contribution >= 4 is 81.7 Å². The van der Waals surface area contributed by atoms with E-state index in [-0.39, 0.29) is 11.6 Å². The van der Waals surface area contributed by atoms with Crippen LogP contribution in [0.2, 0.25) is 25.1 Å². The first kappa shape index (κ1) is 30.7. The van der Waals surface area contributed by atoms with Gasteiger partial charge in [0.2, 0.25) is 0 Å². The third-order valence-corrected chi connectivity index (χ3v) is 7.46. The zero-order chi connectivity index (χ0) is 28.5. The number of carbonyl (C=O) groups is 2. The van der Waals surface area contributed by atoms with Crippen LogP contribution in [0.1, 0.15) is 43.0 Å². The second kappa shape index (κ2) is 14.5. The molecule has 0 atom stereocenters. The van der Waals surface area contributed by atoms with Gasteiger partial charge in [0, 0.05) is 41.8 Å². The van der Waals surface area contributed by atoms with Crippen molar-refractivity contribution in [1.29, 1.82) is 0 Å². The van der Waals surface area contributed by atoms with Crippen molar-refractivity contribution in [3.63, 3.8) is 0 Å². The number of benzene rings is 4. The highest BCUT2D eigenvalue weighted by Crippen LogP contribution is 2.26. The van der Waals surface area contributed by atoms with Crippen molar-refractivity contribution in [2.75, 3.05) is 0 Å². The third-order valence-electron chi connectivity index (χ3n) is 5.61. The molecule has 0 aliphatic carbocycles. The lowest BCUT2D eigenvalue weighted by atomic mass is 10.1. The molecule has 0 heterocycles. The lowest BCUT2D eigenvalue weighted by Crippen LogP contribution is -1.95. The van der Waals surface area contributed by atoms with Gasteiger partial charge in [-0.05, 0) is 109 Å². The van der Waals surface area contributed by atoms with Crippen LogP contribution in [0.5, 0.6) is 0 Å². The summed E-state index contributed by atoms with van der Waals surface area (Å²) in [4.78, 5) is 24.1. The van der Waals surface area contributed by atoms with Gasteiger partial charge in [-0.25, -0.2) is 0 Å². The summed E-state index contributed by atoms with van der Waals surface area (Å²) >= 11 is 30.0. The zero-order valence-electron chi connectivity index (χ0n) is 21.0. The molecule has 0 bridgehead atoms. The number of aryl methyl sites for hydroxylation is 2. The minimum absolute atomic E-state index is 0.0697. The van der Waals surface area contributed by atoms with Crippen LogP contribution in [0.15, 0.2) is 91.0 Å². The summed E-state index contributed by atoms with van der Waals surface area (Å²) in [6.45, 7) is 3.73. The molecule has 0 spiro atoms. The fourth-order valence-corrected chi connectivity index (χ4v) is 4.35. The summed E-state index contributed by atoms with van der Waals surface area (Å²) < 4.78 is 0. The van der Waals surface area contributed by atoms with Gasteiger partial charge in [-0.2, -0.15) is 0 Å². The fraction of sp³-hybridized carbons (Fsp3) is 0.0625. The number of allylic oxidation sites excluding steroid dienone is 2. The van der Waals surface area contributed by atoms with E-state index in [9.17, 15) is 9.59 Å². The van der Waals surface area contributed by atoms with Crippen LogP contribution in [-0.2, 0) is 0 Å². The summed E-state index contributed by atoms with van der Waals surface area (Å²) in [6.07, 6.45) is 6.31. The monoisotopic (exact) mass is 614 g/mol. The van der Waals surface area contributed by atoms with Crippen molar-refractivity contribution in [3.05, 3.63) is 150 Å². The Balaban J connectivity index is 0.000000216. The van der Waals surface area contributed by atoms with Gasteiger partial charge < -0.3 is 0 Å². The first-order chi connectivity index (χ1) is 18.6. The second-order valence-corrected chi connectivity index (χ2v) is 10.5. The Bertz CT molecular complexity index is 1550. The van der Waals surface area contributed by atoms with Crippen LogP contribution < -0.4 is 0 Å². The quantitative estimate of drug-likeness (QED) is 0.160. The maximum atomic E-state index is 12.1. The summed E-state index contributed by atoms with van der Waals surface area (Å²) in [5.41, 5.74) is 4.40. The number of hydrogen-bond donors (Lipinski definition) is 0. The van der Waals surface area contributed by atoms with Crippen molar-refractivity contribution < 1.29 is 9.59 Å². The van der Waals surface area contributed by atoms with Gasteiger partial charge in [0.25, 0.3) is 0 Å². The average molecular weight is 617 g/mol. The van der Waals surface area contributed by atoms with Crippen molar-refractivity contribution in [2.45, 2.75) is 13.8 Å². The molecule has 0 unspecified atom stereocenters. The lowest BCUT2D eigenvalue weighted by molar-refractivity contribution is 0.103. The normalized spacial score (nSPS) is 10.9. The summed E-state index contributed by atoms with van der Waals surface area (Å²) in [5, 5.41) is 2.94. The Morgan fingerprint density at radius 2 is 1.00 bits per heavy atom. The lowest BCUT2D eigenvalue weighted by Gasteiger charge is -2.02. The van der Waals surface area contributed by atoms with E-state index in [0.29, 0.717) is 41.8 Å². The number of carbonyl (C=O) groups excluding carboxylic acids is 2. The predicted molar refractivity (Wildman–Crippen MR) is 167 cm³/mol. The highest BCUT2D eigenvalue weighted by atomic mass is 35.5. The Hall–Kier alpha value is -2.85. The molecular weight excluding hydrogens is 594 g/mol. The van der Waals surface area contributed by atoms with Crippen LogP contribution in [0.3, 0.4) is 0 Å². The number of ketones is 2.